The molecule has 0 aliphatic carbocycles. The molecule has 0 aliphatic heterocycles. The molecule has 0 fully saturated rings. The highest BCUT2D eigenvalue weighted by Crippen LogP contribution is 2.21. The highest BCUT2D eigenvalue weighted by atomic mass is 16.5. The van der Waals surface area contributed by atoms with Crippen molar-refractivity contribution in [3.63, 3.8) is 0 Å². The van der Waals surface area contributed by atoms with E-state index in [4.69, 9.17) is 18.9 Å². The van der Waals surface area contributed by atoms with Crippen LogP contribution >= 0.6 is 0 Å². The summed E-state index contributed by atoms with van der Waals surface area (Å²) in [4.78, 5) is 24.6. The van der Waals surface area contributed by atoms with Gasteiger partial charge >= 0.3 is 0 Å². The van der Waals surface area contributed by atoms with Crippen molar-refractivity contribution in [1.82, 2.24) is 0 Å². The molecule has 0 unspecified atom stereocenters. The van der Waals surface area contributed by atoms with Crippen LogP contribution in [0.25, 0.3) is 0 Å². The number of carbonyl (C=O) groups excluding carboxylic acids is 2. The molecular formula is C25H26N2O6. The summed E-state index contributed by atoms with van der Waals surface area (Å²) in [7, 11) is 3.16. The van der Waals surface area contributed by atoms with Crippen LogP contribution in [0.5, 0.6) is 23.0 Å². The molecule has 3 aromatic rings. The third-order valence-corrected chi connectivity index (χ3v) is 4.65. The molecule has 0 atom stereocenters. The monoisotopic (exact) mass is 450 g/mol. The molecule has 8 heteroatoms. The minimum Gasteiger partial charge on any atom is -0.497 e. The van der Waals surface area contributed by atoms with Crippen molar-refractivity contribution < 1.29 is 28.5 Å². The van der Waals surface area contributed by atoms with Crippen LogP contribution in [0.1, 0.15) is 5.56 Å². The van der Waals surface area contributed by atoms with Gasteiger partial charge < -0.3 is 29.6 Å². The summed E-state index contributed by atoms with van der Waals surface area (Å²) in [5.74, 6) is 1.88. The van der Waals surface area contributed by atoms with Gasteiger partial charge in [-0.3, -0.25) is 9.59 Å². The highest BCUT2D eigenvalue weighted by Gasteiger charge is 2.10. The van der Waals surface area contributed by atoms with Gasteiger partial charge in [0.05, 0.1) is 14.2 Å². The Labute approximate surface area is 192 Å². The number of amides is 2. The number of nitrogens with one attached hydrogen (secondary N) is 2. The average molecular weight is 450 g/mol. The highest BCUT2D eigenvalue weighted by molar-refractivity contribution is 5.95. The molecule has 3 rings (SSSR count). The Hall–Kier alpha value is -4.20. The smallest absolute Gasteiger partial charge is 0.262 e. The molecule has 2 amide bonds. The number of benzene rings is 3. The number of hydrogen-bond donors (Lipinski definition) is 2. The molecular weight excluding hydrogens is 424 g/mol. The zero-order chi connectivity index (χ0) is 23.6. The van der Waals surface area contributed by atoms with Gasteiger partial charge in [-0.15, -0.1) is 0 Å². The number of rotatable bonds is 10. The Morgan fingerprint density at radius 1 is 0.667 bits per heavy atom. The third kappa shape index (κ3) is 7.17. The third-order valence-electron chi connectivity index (χ3n) is 4.65. The molecule has 0 heterocycles. The Kier molecular flexibility index (Phi) is 8.13. The van der Waals surface area contributed by atoms with Crippen molar-refractivity contribution in [2.24, 2.45) is 0 Å². The SMILES string of the molecule is COc1ccc(OCC(=O)Nc2ccc(C)c(NC(=O)COc3ccc(OC)cc3)c2)cc1. The van der Waals surface area contributed by atoms with E-state index in [1.54, 1.807) is 80.9 Å². The molecule has 0 saturated carbocycles. The lowest BCUT2D eigenvalue weighted by atomic mass is 10.1. The van der Waals surface area contributed by atoms with Crippen LogP contribution < -0.4 is 29.6 Å². The van der Waals surface area contributed by atoms with E-state index >= 15 is 0 Å². The topological polar surface area (TPSA) is 95.1 Å². The molecule has 33 heavy (non-hydrogen) atoms. The summed E-state index contributed by atoms with van der Waals surface area (Å²) in [6.45, 7) is 1.55. The van der Waals surface area contributed by atoms with Crippen LogP contribution in [0.15, 0.2) is 66.7 Å². The summed E-state index contributed by atoms with van der Waals surface area (Å²) >= 11 is 0. The minimum absolute atomic E-state index is 0.155. The zero-order valence-corrected chi connectivity index (χ0v) is 18.7. The predicted molar refractivity (Wildman–Crippen MR) is 125 cm³/mol. The van der Waals surface area contributed by atoms with Crippen LogP contribution in [0.4, 0.5) is 11.4 Å². The van der Waals surface area contributed by atoms with E-state index in [9.17, 15) is 9.59 Å². The fourth-order valence-corrected chi connectivity index (χ4v) is 2.86. The van der Waals surface area contributed by atoms with Gasteiger partial charge in [-0.1, -0.05) is 6.07 Å². The summed E-state index contributed by atoms with van der Waals surface area (Å²) in [6, 6.07) is 19.1. The van der Waals surface area contributed by atoms with Crippen LogP contribution in [0, 0.1) is 6.92 Å². The van der Waals surface area contributed by atoms with Crippen LogP contribution in [0.2, 0.25) is 0 Å². The number of aryl methyl sites for hydroxylation is 1. The van der Waals surface area contributed by atoms with Gasteiger partial charge in [-0.25, -0.2) is 0 Å². The molecule has 0 bridgehead atoms. The second kappa shape index (κ2) is 11.4. The largest absolute Gasteiger partial charge is 0.497 e. The first kappa shape index (κ1) is 23.5. The van der Waals surface area contributed by atoms with Crippen LogP contribution in [-0.2, 0) is 9.59 Å². The molecule has 172 valence electrons. The first-order valence-electron chi connectivity index (χ1n) is 10.2. The molecule has 2 N–H and O–H groups in total. The van der Waals surface area contributed by atoms with E-state index in [1.807, 2.05) is 6.92 Å². The number of anilines is 2. The van der Waals surface area contributed by atoms with E-state index < -0.39 is 0 Å². The van der Waals surface area contributed by atoms with Crippen molar-refractivity contribution in [2.45, 2.75) is 6.92 Å². The van der Waals surface area contributed by atoms with Crippen molar-refractivity contribution in [3.8, 4) is 23.0 Å². The fourth-order valence-electron chi connectivity index (χ4n) is 2.86. The van der Waals surface area contributed by atoms with Gasteiger partial charge in [0, 0.05) is 11.4 Å². The second-order valence-electron chi connectivity index (χ2n) is 7.05. The maximum atomic E-state index is 12.3. The molecule has 0 radical (unpaired) electrons. The van der Waals surface area contributed by atoms with Crippen molar-refractivity contribution in [1.29, 1.82) is 0 Å². The minimum atomic E-state index is -0.324. The Morgan fingerprint density at radius 2 is 1.12 bits per heavy atom. The Morgan fingerprint density at radius 3 is 1.61 bits per heavy atom. The Bertz CT molecular complexity index is 1080. The van der Waals surface area contributed by atoms with E-state index in [0.717, 1.165) is 5.56 Å². The normalized spacial score (nSPS) is 10.2. The number of hydrogen-bond acceptors (Lipinski definition) is 6. The lowest BCUT2D eigenvalue weighted by Gasteiger charge is -2.13. The quantitative estimate of drug-likeness (QED) is 0.484. The molecule has 0 saturated heterocycles. The fraction of sp³-hybridized carbons (Fsp3) is 0.200. The Balaban J connectivity index is 1.51. The number of methoxy groups -OCH3 is 2. The molecule has 0 aromatic heterocycles. The maximum Gasteiger partial charge on any atom is 0.262 e. The van der Waals surface area contributed by atoms with E-state index in [0.29, 0.717) is 34.4 Å². The summed E-state index contributed by atoms with van der Waals surface area (Å²) in [5.41, 5.74) is 1.96. The second-order valence-corrected chi connectivity index (χ2v) is 7.05. The summed E-state index contributed by atoms with van der Waals surface area (Å²) in [6.07, 6.45) is 0. The predicted octanol–water partition coefficient (Wildman–Crippen LogP) is 4.05. The first-order chi connectivity index (χ1) is 16.0. The number of ether oxygens (including phenoxy) is 4. The average Bonchev–Trinajstić information content (AvgIpc) is 2.84. The van der Waals surface area contributed by atoms with Crippen molar-refractivity contribution in [3.05, 3.63) is 72.3 Å². The van der Waals surface area contributed by atoms with Gasteiger partial charge in [0.25, 0.3) is 11.8 Å². The summed E-state index contributed by atoms with van der Waals surface area (Å²) in [5, 5.41) is 5.56. The standard InChI is InChI=1S/C25H26N2O6/c1-17-4-5-18(26-24(28)15-32-21-10-6-19(30-2)7-11-21)14-23(17)27-25(29)16-33-22-12-8-20(31-3)9-13-22/h4-14H,15-16H2,1-3H3,(H,26,28)(H,27,29). The van der Waals surface area contributed by atoms with Gasteiger partial charge in [0.1, 0.15) is 23.0 Å². The summed E-state index contributed by atoms with van der Waals surface area (Å²) < 4.78 is 21.2. The number of carbonyl (C=O) groups is 2. The van der Waals surface area contributed by atoms with E-state index in [1.165, 1.54) is 0 Å². The van der Waals surface area contributed by atoms with Crippen molar-refractivity contribution >= 4 is 23.2 Å². The van der Waals surface area contributed by atoms with Crippen LogP contribution in [-0.4, -0.2) is 39.2 Å². The lowest BCUT2D eigenvalue weighted by molar-refractivity contribution is -0.118. The molecule has 8 nitrogen and oxygen atoms in total. The molecule has 3 aromatic carbocycles. The first-order valence-corrected chi connectivity index (χ1v) is 10.2. The van der Waals surface area contributed by atoms with E-state index in [-0.39, 0.29) is 25.0 Å². The van der Waals surface area contributed by atoms with Crippen LogP contribution in [0.3, 0.4) is 0 Å². The van der Waals surface area contributed by atoms with Gasteiger partial charge in [-0.05, 0) is 73.2 Å². The van der Waals surface area contributed by atoms with Gasteiger partial charge in [0.2, 0.25) is 0 Å². The lowest BCUT2D eigenvalue weighted by Crippen LogP contribution is -2.22. The molecule has 0 aliphatic rings. The zero-order valence-electron chi connectivity index (χ0n) is 18.7. The maximum absolute atomic E-state index is 12.3. The molecule has 0 spiro atoms. The van der Waals surface area contributed by atoms with Gasteiger partial charge in [0.15, 0.2) is 13.2 Å². The van der Waals surface area contributed by atoms with Gasteiger partial charge in [-0.2, -0.15) is 0 Å². The van der Waals surface area contributed by atoms with E-state index in [2.05, 4.69) is 10.6 Å². The van der Waals surface area contributed by atoms with Crippen molar-refractivity contribution in [2.75, 3.05) is 38.1 Å².